The molecule has 1 aromatic carbocycles. The lowest BCUT2D eigenvalue weighted by Gasteiger charge is -2.13. The third-order valence-corrected chi connectivity index (χ3v) is 3.69. The predicted molar refractivity (Wildman–Crippen MR) is 101 cm³/mol. The van der Waals surface area contributed by atoms with Crippen LogP contribution in [-0.2, 0) is 9.53 Å². The van der Waals surface area contributed by atoms with Gasteiger partial charge in [0, 0.05) is 17.2 Å². The highest BCUT2D eigenvalue weighted by Gasteiger charge is 2.23. The number of esters is 1. The second kappa shape index (κ2) is 8.98. The first-order valence-electron chi connectivity index (χ1n) is 8.71. The van der Waals surface area contributed by atoms with Gasteiger partial charge in [-0.15, -0.1) is 0 Å². The number of carbonyl (C=O) groups is 4. The summed E-state index contributed by atoms with van der Waals surface area (Å²) < 4.78 is 10.5. The van der Waals surface area contributed by atoms with Gasteiger partial charge in [-0.2, -0.15) is 0 Å². The zero-order valence-corrected chi connectivity index (χ0v) is 16.1. The quantitative estimate of drug-likeness (QED) is 0.583. The second-order valence-corrected chi connectivity index (χ2v) is 6.46. The molecule has 1 atom stereocenters. The van der Waals surface area contributed by atoms with Crippen LogP contribution in [0.3, 0.4) is 0 Å². The number of ether oxygens (including phenoxy) is 1. The summed E-state index contributed by atoms with van der Waals surface area (Å²) in [6.45, 7) is 6.31. The van der Waals surface area contributed by atoms with Crippen molar-refractivity contribution in [2.24, 2.45) is 0 Å². The maximum absolute atomic E-state index is 12.2. The summed E-state index contributed by atoms with van der Waals surface area (Å²) in [6.07, 6.45) is -1.19. The van der Waals surface area contributed by atoms with E-state index >= 15 is 0 Å². The molecule has 0 spiro atoms. The summed E-state index contributed by atoms with van der Waals surface area (Å²) in [7, 11) is 0. The van der Waals surface area contributed by atoms with Crippen molar-refractivity contribution >= 4 is 23.7 Å². The minimum Gasteiger partial charge on any atom is -0.449 e. The van der Waals surface area contributed by atoms with Crippen molar-refractivity contribution < 1.29 is 28.3 Å². The molecule has 3 amide bonds. The summed E-state index contributed by atoms with van der Waals surface area (Å²) in [5.41, 5.74) is 1.25. The normalized spacial score (nSPS) is 11.6. The SMILES string of the molecule is CC(=O)c1ccc(-c2ccc(C(=O)O[C@H](C)C(=O)NC(=O)NC(C)C)o2)cc1. The van der Waals surface area contributed by atoms with E-state index in [4.69, 9.17) is 9.15 Å². The summed E-state index contributed by atoms with van der Waals surface area (Å²) >= 11 is 0. The minimum atomic E-state index is -1.19. The summed E-state index contributed by atoms with van der Waals surface area (Å²) in [5, 5.41) is 4.58. The molecule has 1 aromatic heterocycles. The van der Waals surface area contributed by atoms with Crippen molar-refractivity contribution in [3.8, 4) is 11.3 Å². The van der Waals surface area contributed by atoms with Crippen LogP contribution in [0.4, 0.5) is 4.79 Å². The number of urea groups is 1. The third-order valence-electron chi connectivity index (χ3n) is 3.69. The Labute approximate surface area is 162 Å². The molecule has 8 nitrogen and oxygen atoms in total. The first kappa shape index (κ1) is 20.9. The van der Waals surface area contributed by atoms with Gasteiger partial charge in [0.2, 0.25) is 5.76 Å². The zero-order chi connectivity index (χ0) is 20.8. The lowest BCUT2D eigenvalue weighted by Crippen LogP contribution is -2.46. The van der Waals surface area contributed by atoms with E-state index < -0.39 is 24.0 Å². The van der Waals surface area contributed by atoms with Gasteiger partial charge in [-0.25, -0.2) is 9.59 Å². The lowest BCUT2D eigenvalue weighted by molar-refractivity contribution is -0.128. The maximum Gasteiger partial charge on any atom is 0.375 e. The molecule has 0 radical (unpaired) electrons. The molecule has 0 aliphatic rings. The number of nitrogens with one attached hydrogen (secondary N) is 2. The molecule has 0 saturated heterocycles. The van der Waals surface area contributed by atoms with E-state index in [2.05, 4.69) is 10.6 Å². The molecule has 0 fully saturated rings. The number of furan rings is 1. The average molecular weight is 386 g/mol. The monoisotopic (exact) mass is 386 g/mol. The number of hydrogen-bond acceptors (Lipinski definition) is 6. The summed E-state index contributed by atoms with van der Waals surface area (Å²) in [5.74, 6) is -1.31. The van der Waals surface area contributed by atoms with Crippen molar-refractivity contribution in [3.05, 3.63) is 47.7 Å². The fourth-order valence-corrected chi connectivity index (χ4v) is 2.26. The van der Waals surface area contributed by atoms with E-state index in [-0.39, 0.29) is 17.6 Å². The number of Topliss-reactive ketones (excluding diaryl/α,β-unsaturated/α-hetero) is 1. The standard InChI is InChI=1S/C20H22N2O6/c1-11(2)21-20(26)22-18(24)13(4)27-19(25)17-10-9-16(28-17)15-7-5-14(6-8-15)12(3)23/h5-11,13H,1-4H3,(H2,21,22,24,26)/t13-/m1/s1. The lowest BCUT2D eigenvalue weighted by atomic mass is 10.1. The van der Waals surface area contributed by atoms with Crippen LogP contribution in [0.15, 0.2) is 40.8 Å². The Balaban J connectivity index is 1.98. The van der Waals surface area contributed by atoms with Gasteiger partial charge in [0.25, 0.3) is 5.91 Å². The van der Waals surface area contributed by atoms with Crippen LogP contribution in [0.25, 0.3) is 11.3 Å². The van der Waals surface area contributed by atoms with Crippen LogP contribution >= 0.6 is 0 Å². The molecule has 0 unspecified atom stereocenters. The van der Waals surface area contributed by atoms with E-state index in [0.717, 1.165) is 0 Å². The van der Waals surface area contributed by atoms with Gasteiger partial charge in [-0.05, 0) is 39.8 Å². The molecule has 1 heterocycles. The van der Waals surface area contributed by atoms with Crippen molar-refractivity contribution in [3.63, 3.8) is 0 Å². The van der Waals surface area contributed by atoms with Gasteiger partial charge in [0.1, 0.15) is 5.76 Å². The molecule has 0 aliphatic carbocycles. The Morgan fingerprint density at radius 1 is 0.964 bits per heavy atom. The molecule has 0 aliphatic heterocycles. The molecule has 2 aromatic rings. The zero-order valence-electron chi connectivity index (χ0n) is 16.1. The third kappa shape index (κ3) is 5.54. The van der Waals surface area contributed by atoms with Crippen LogP contribution in [0, 0.1) is 0 Å². The topological polar surface area (TPSA) is 115 Å². The van der Waals surface area contributed by atoms with Gasteiger partial charge in [0.05, 0.1) is 0 Å². The van der Waals surface area contributed by atoms with Crippen LogP contribution < -0.4 is 10.6 Å². The van der Waals surface area contributed by atoms with Gasteiger partial charge in [0.15, 0.2) is 11.9 Å². The van der Waals surface area contributed by atoms with Gasteiger partial charge in [-0.3, -0.25) is 14.9 Å². The van der Waals surface area contributed by atoms with Crippen LogP contribution in [0.2, 0.25) is 0 Å². The maximum atomic E-state index is 12.2. The highest BCUT2D eigenvalue weighted by Crippen LogP contribution is 2.23. The number of rotatable bonds is 6. The summed E-state index contributed by atoms with van der Waals surface area (Å²) in [4.78, 5) is 46.9. The molecule has 28 heavy (non-hydrogen) atoms. The Morgan fingerprint density at radius 2 is 1.61 bits per heavy atom. The van der Waals surface area contributed by atoms with E-state index in [1.165, 1.54) is 19.9 Å². The molecule has 0 saturated carbocycles. The molecular weight excluding hydrogens is 364 g/mol. The highest BCUT2D eigenvalue weighted by atomic mass is 16.6. The van der Waals surface area contributed by atoms with E-state index in [1.807, 2.05) is 0 Å². The van der Waals surface area contributed by atoms with Crippen molar-refractivity contribution in [1.82, 2.24) is 10.6 Å². The number of amides is 3. The highest BCUT2D eigenvalue weighted by molar-refractivity contribution is 5.98. The molecule has 2 rings (SSSR count). The number of ketones is 1. The van der Waals surface area contributed by atoms with E-state index in [0.29, 0.717) is 16.9 Å². The smallest absolute Gasteiger partial charge is 0.375 e. The van der Waals surface area contributed by atoms with Crippen molar-refractivity contribution in [2.45, 2.75) is 39.8 Å². The molecule has 8 heteroatoms. The molecule has 2 N–H and O–H groups in total. The molecular formula is C20H22N2O6. The largest absolute Gasteiger partial charge is 0.449 e. The Morgan fingerprint density at radius 3 is 2.18 bits per heavy atom. The van der Waals surface area contributed by atoms with Crippen molar-refractivity contribution in [2.75, 3.05) is 0 Å². The number of hydrogen-bond donors (Lipinski definition) is 2. The van der Waals surface area contributed by atoms with Gasteiger partial charge >= 0.3 is 12.0 Å². The fraction of sp³-hybridized carbons (Fsp3) is 0.300. The average Bonchev–Trinajstić information content (AvgIpc) is 3.11. The summed E-state index contributed by atoms with van der Waals surface area (Å²) in [6, 6.07) is 8.92. The van der Waals surface area contributed by atoms with E-state index in [9.17, 15) is 19.2 Å². The number of imide groups is 1. The Kier molecular flexibility index (Phi) is 6.70. The van der Waals surface area contributed by atoms with Gasteiger partial charge < -0.3 is 14.5 Å². The van der Waals surface area contributed by atoms with Crippen LogP contribution in [0.5, 0.6) is 0 Å². The Hall–Kier alpha value is -3.42. The number of carbonyl (C=O) groups excluding carboxylic acids is 4. The fourth-order valence-electron chi connectivity index (χ4n) is 2.26. The van der Waals surface area contributed by atoms with Crippen molar-refractivity contribution in [1.29, 1.82) is 0 Å². The molecule has 0 bridgehead atoms. The van der Waals surface area contributed by atoms with Crippen LogP contribution in [-0.4, -0.2) is 35.8 Å². The second-order valence-electron chi connectivity index (χ2n) is 6.46. The Bertz CT molecular complexity index is 882. The van der Waals surface area contributed by atoms with E-state index in [1.54, 1.807) is 44.2 Å². The number of benzene rings is 1. The van der Waals surface area contributed by atoms with Crippen LogP contribution in [0.1, 0.15) is 48.6 Å². The van der Waals surface area contributed by atoms with Gasteiger partial charge in [-0.1, -0.05) is 24.3 Å². The first-order chi connectivity index (χ1) is 13.2. The minimum absolute atomic E-state index is 0.0513. The first-order valence-corrected chi connectivity index (χ1v) is 8.71. The molecule has 148 valence electrons. The predicted octanol–water partition coefficient (Wildman–Crippen LogP) is 2.93.